The first kappa shape index (κ1) is 20.0. The zero-order valence-electron chi connectivity index (χ0n) is 14.9. The highest BCUT2D eigenvalue weighted by atomic mass is 35.5. The van der Waals surface area contributed by atoms with Gasteiger partial charge in [0.1, 0.15) is 6.04 Å². The van der Waals surface area contributed by atoms with Crippen molar-refractivity contribution in [3.05, 3.63) is 29.3 Å². The van der Waals surface area contributed by atoms with Gasteiger partial charge in [-0.2, -0.15) is 0 Å². The summed E-state index contributed by atoms with van der Waals surface area (Å²) in [5.74, 6) is 0.255. The number of anilines is 1. The third-order valence-corrected chi connectivity index (χ3v) is 6.13. The van der Waals surface area contributed by atoms with Gasteiger partial charge in [0.25, 0.3) is 0 Å². The third kappa shape index (κ3) is 5.61. The fourth-order valence-electron chi connectivity index (χ4n) is 3.40. The molecule has 1 atom stereocenters. The molecule has 1 amide bonds. The van der Waals surface area contributed by atoms with Crippen LogP contribution in [0.15, 0.2) is 24.3 Å². The largest absolute Gasteiger partial charge is 0.354 e. The quantitative estimate of drug-likeness (QED) is 0.778. The Hall–Kier alpha value is -1.27. The Bertz CT molecular complexity index is 670. The molecule has 1 aromatic rings. The number of hydrogen-bond acceptors (Lipinski definition) is 3. The van der Waals surface area contributed by atoms with Crippen LogP contribution >= 0.6 is 11.6 Å². The van der Waals surface area contributed by atoms with Crippen molar-refractivity contribution in [3.8, 4) is 0 Å². The van der Waals surface area contributed by atoms with Crippen molar-refractivity contribution >= 4 is 33.2 Å². The molecule has 0 saturated heterocycles. The number of sulfonamides is 1. The van der Waals surface area contributed by atoms with Crippen molar-refractivity contribution in [3.63, 3.8) is 0 Å². The van der Waals surface area contributed by atoms with Crippen LogP contribution in [0.4, 0.5) is 5.69 Å². The maximum absolute atomic E-state index is 12.7. The fraction of sp³-hybridized carbons (Fsp3) is 0.611. The van der Waals surface area contributed by atoms with Crippen molar-refractivity contribution in [1.82, 2.24) is 5.32 Å². The molecule has 1 aromatic carbocycles. The zero-order valence-corrected chi connectivity index (χ0v) is 16.4. The molecule has 1 fully saturated rings. The first-order valence-corrected chi connectivity index (χ1v) is 11.1. The second kappa shape index (κ2) is 8.90. The monoisotopic (exact) mass is 386 g/mol. The highest BCUT2D eigenvalue weighted by Gasteiger charge is 2.31. The van der Waals surface area contributed by atoms with E-state index in [0.717, 1.165) is 19.1 Å². The summed E-state index contributed by atoms with van der Waals surface area (Å²) in [6.45, 7) is 2.44. The van der Waals surface area contributed by atoms with Gasteiger partial charge in [0.15, 0.2) is 0 Å². The van der Waals surface area contributed by atoms with Crippen LogP contribution in [0.3, 0.4) is 0 Å². The van der Waals surface area contributed by atoms with Crippen molar-refractivity contribution in [2.24, 2.45) is 5.92 Å². The van der Waals surface area contributed by atoms with Crippen LogP contribution in [0.1, 0.15) is 45.4 Å². The molecule has 140 valence electrons. The normalized spacial score (nSPS) is 17.1. The summed E-state index contributed by atoms with van der Waals surface area (Å²) >= 11 is 5.90. The number of hydrogen-bond donors (Lipinski definition) is 1. The molecule has 1 aliphatic rings. The molecule has 2 rings (SSSR count). The van der Waals surface area contributed by atoms with Crippen LogP contribution < -0.4 is 9.62 Å². The van der Waals surface area contributed by atoms with E-state index < -0.39 is 16.1 Å². The Balaban J connectivity index is 2.15. The second-order valence-corrected chi connectivity index (χ2v) is 9.00. The lowest BCUT2D eigenvalue weighted by atomic mass is 9.89. The minimum Gasteiger partial charge on any atom is -0.354 e. The number of halogens is 1. The first-order chi connectivity index (χ1) is 11.8. The van der Waals surface area contributed by atoms with E-state index in [1.54, 1.807) is 24.3 Å². The van der Waals surface area contributed by atoms with Gasteiger partial charge in [-0.1, -0.05) is 37.8 Å². The van der Waals surface area contributed by atoms with E-state index in [0.29, 0.717) is 29.6 Å². The second-order valence-electron chi connectivity index (χ2n) is 6.71. The number of nitrogens with zero attached hydrogens (tertiary/aromatic N) is 1. The maximum Gasteiger partial charge on any atom is 0.243 e. The summed E-state index contributed by atoms with van der Waals surface area (Å²) in [7, 11) is -3.60. The van der Waals surface area contributed by atoms with Gasteiger partial charge in [0, 0.05) is 11.6 Å². The van der Waals surface area contributed by atoms with Crippen molar-refractivity contribution < 1.29 is 13.2 Å². The molecule has 0 heterocycles. The number of nitrogens with one attached hydrogen (secondary N) is 1. The van der Waals surface area contributed by atoms with E-state index in [1.807, 2.05) is 6.92 Å². The van der Waals surface area contributed by atoms with Crippen LogP contribution in [0.25, 0.3) is 0 Å². The van der Waals surface area contributed by atoms with Gasteiger partial charge in [0.05, 0.1) is 11.9 Å². The van der Waals surface area contributed by atoms with Gasteiger partial charge in [0.2, 0.25) is 15.9 Å². The highest BCUT2D eigenvalue weighted by molar-refractivity contribution is 7.92. The lowest BCUT2D eigenvalue weighted by Crippen LogP contribution is -2.50. The lowest BCUT2D eigenvalue weighted by Gasteiger charge is -2.31. The van der Waals surface area contributed by atoms with Gasteiger partial charge < -0.3 is 5.32 Å². The average Bonchev–Trinajstić information content (AvgIpc) is 2.58. The smallest absolute Gasteiger partial charge is 0.243 e. The van der Waals surface area contributed by atoms with Gasteiger partial charge in [-0.3, -0.25) is 9.10 Å². The van der Waals surface area contributed by atoms with Crippen molar-refractivity contribution in [2.75, 3.05) is 17.1 Å². The molecular formula is C18H27ClN2O3S. The third-order valence-electron chi connectivity index (χ3n) is 4.70. The van der Waals surface area contributed by atoms with E-state index in [1.165, 1.54) is 23.6 Å². The molecule has 1 saturated carbocycles. The van der Waals surface area contributed by atoms with Crippen LogP contribution in [0.2, 0.25) is 5.02 Å². The SMILES string of the molecule is CC[C@H](C(=O)NCC1CCCCC1)N(c1ccc(Cl)cc1)S(C)(=O)=O. The van der Waals surface area contributed by atoms with Crippen LogP contribution in [-0.2, 0) is 14.8 Å². The fourth-order valence-corrected chi connectivity index (χ4v) is 4.74. The van der Waals surface area contributed by atoms with E-state index >= 15 is 0 Å². The van der Waals surface area contributed by atoms with Crippen molar-refractivity contribution in [1.29, 1.82) is 0 Å². The topological polar surface area (TPSA) is 66.5 Å². The van der Waals surface area contributed by atoms with Crippen LogP contribution in [0.5, 0.6) is 0 Å². The maximum atomic E-state index is 12.7. The summed E-state index contributed by atoms with van der Waals surface area (Å²) in [6, 6.07) is 5.74. The van der Waals surface area contributed by atoms with E-state index in [4.69, 9.17) is 11.6 Å². The molecule has 0 unspecified atom stereocenters. The van der Waals surface area contributed by atoms with E-state index in [9.17, 15) is 13.2 Å². The molecule has 1 aliphatic carbocycles. The Morgan fingerprint density at radius 1 is 1.24 bits per heavy atom. The number of amides is 1. The van der Waals surface area contributed by atoms with E-state index in [2.05, 4.69) is 5.32 Å². The minimum atomic E-state index is -3.60. The molecule has 0 aliphatic heterocycles. The highest BCUT2D eigenvalue weighted by Crippen LogP contribution is 2.25. The van der Waals surface area contributed by atoms with Crippen LogP contribution in [-0.4, -0.2) is 33.2 Å². The number of rotatable bonds is 7. The Kier molecular flexibility index (Phi) is 7.14. The molecule has 25 heavy (non-hydrogen) atoms. The van der Waals surface area contributed by atoms with Gasteiger partial charge >= 0.3 is 0 Å². The average molecular weight is 387 g/mol. The zero-order chi connectivity index (χ0) is 18.4. The molecule has 0 aromatic heterocycles. The predicted octanol–water partition coefficient (Wildman–Crippen LogP) is 3.58. The molecule has 0 radical (unpaired) electrons. The summed E-state index contributed by atoms with van der Waals surface area (Å²) in [6.07, 6.45) is 7.45. The molecule has 5 nitrogen and oxygen atoms in total. The van der Waals surface area contributed by atoms with Crippen LogP contribution in [0, 0.1) is 5.92 Å². The van der Waals surface area contributed by atoms with Gasteiger partial charge in [-0.25, -0.2) is 8.42 Å². The standard InChI is InChI=1S/C18H27ClN2O3S/c1-3-17(18(22)20-13-14-7-5-4-6-8-14)21(25(2,23)24)16-11-9-15(19)10-12-16/h9-12,14,17H,3-8,13H2,1-2H3,(H,20,22)/t17-/m1/s1. The summed E-state index contributed by atoms with van der Waals surface area (Å²) < 4.78 is 25.9. The molecule has 7 heteroatoms. The first-order valence-electron chi connectivity index (χ1n) is 8.85. The predicted molar refractivity (Wildman–Crippen MR) is 102 cm³/mol. The number of benzene rings is 1. The molecule has 0 spiro atoms. The molecule has 0 bridgehead atoms. The summed E-state index contributed by atoms with van der Waals surface area (Å²) in [5, 5.41) is 3.49. The van der Waals surface area contributed by atoms with Gasteiger partial charge in [-0.05, 0) is 49.4 Å². The Labute approximate surface area is 155 Å². The number of carbonyl (C=O) groups excluding carboxylic acids is 1. The van der Waals surface area contributed by atoms with E-state index in [-0.39, 0.29) is 5.91 Å². The molecule has 1 N–H and O–H groups in total. The lowest BCUT2D eigenvalue weighted by molar-refractivity contribution is -0.122. The molecular weight excluding hydrogens is 360 g/mol. The summed E-state index contributed by atoms with van der Waals surface area (Å²) in [5.41, 5.74) is 0.451. The van der Waals surface area contributed by atoms with Crippen molar-refractivity contribution in [2.45, 2.75) is 51.5 Å². The van der Waals surface area contributed by atoms with Gasteiger partial charge in [-0.15, -0.1) is 0 Å². The Morgan fingerprint density at radius 2 is 1.84 bits per heavy atom. The summed E-state index contributed by atoms with van der Waals surface area (Å²) in [4.78, 5) is 12.7. The minimum absolute atomic E-state index is 0.242. The Morgan fingerprint density at radius 3 is 2.36 bits per heavy atom. The number of carbonyl (C=O) groups is 1.